The normalized spacial score (nSPS) is 10.3. The summed E-state index contributed by atoms with van der Waals surface area (Å²) in [7, 11) is 0. The molecule has 0 aliphatic heterocycles. The topological polar surface area (TPSA) is 21.3 Å². The highest BCUT2D eigenvalue weighted by atomic mass is 35.5. The molecule has 0 amide bonds. The molecule has 1 aromatic rings. The molecule has 0 atom stereocenters. The Hall–Kier alpha value is -0.730. The lowest BCUT2D eigenvalue weighted by molar-refractivity contribution is 0.309. The number of hydrogen-bond acceptors (Lipinski definition) is 2. The summed E-state index contributed by atoms with van der Waals surface area (Å²) in [5, 5.41) is 3.41. The third kappa shape index (κ3) is 8.12. The van der Waals surface area contributed by atoms with E-state index in [-0.39, 0.29) is 12.4 Å². The van der Waals surface area contributed by atoms with Crippen molar-refractivity contribution in [3.63, 3.8) is 0 Å². The molecule has 0 heterocycles. The van der Waals surface area contributed by atoms with Crippen molar-refractivity contribution in [1.82, 2.24) is 5.32 Å². The van der Waals surface area contributed by atoms with Crippen molar-refractivity contribution in [1.29, 1.82) is 0 Å². The first kappa shape index (κ1) is 18.3. The Morgan fingerprint density at radius 3 is 2.58 bits per heavy atom. The molecular formula is C16H28ClNO. The van der Waals surface area contributed by atoms with Gasteiger partial charge in [0.05, 0.1) is 0 Å². The van der Waals surface area contributed by atoms with Crippen LogP contribution in [0.1, 0.15) is 39.2 Å². The summed E-state index contributed by atoms with van der Waals surface area (Å²) >= 11 is 0. The minimum atomic E-state index is 0. The van der Waals surface area contributed by atoms with Gasteiger partial charge in [0.15, 0.2) is 0 Å². The van der Waals surface area contributed by atoms with Crippen molar-refractivity contribution >= 4 is 12.4 Å². The van der Waals surface area contributed by atoms with Gasteiger partial charge in [0.1, 0.15) is 12.4 Å². The molecule has 0 unspecified atom stereocenters. The highest BCUT2D eigenvalue weighted by molar-refractivity contribution is 5.85. The number of nitrogens with one attached hydrogen (secondary N) is 1. The second-order valence-corrected chi connectivity index (χ2v) is 5.14. The lowest BCUT2D eigenvalue weighted by Gasteiger charge is -2.11. The number of para-hydroxylation sites is 1. The molecule has 19 heavy (non-hydrogen) atoms. The van der Waals surface area contributed by atoms with Crippen molar-refractivity contribution in [3.05, 3.63) is 29.8 Å². The summed E-state index contributed by atoms with van der Waals surface area (Å²) in [6.07, 6.45) is 3.48. The molecule has 0 saturated carbocycles. The predicted octanol–water partition coefficient (Wildman–Crippen LogP) is 4.08. The van der Waals surface area contributed by atoms with Crippen molar-refractivity contribution < 1.29 is 4.74 Å². The Balaban J connectivity index is 0.00000324. The third-order valence-corrected chi connectivity index (χ3v) is 2.93. The molecule has 0 aliphatic rings. The Bertz CT molecular complexity index is 328. The Morgan fingerprint density at radius 1 is 1.16 bits per heavy atom. The van der Waals surface area contributed by atoms with Crippen molar-refractivity contribution in [2.75, 3.05) is 19.7 Å². The third-order valence-electron chi connectivity index (χ3n) is 2.93. The largest absolute Gasteiger partial charge is 0.492 e. The molecule has 1 N–H and O–H groups in total. The van der Waals surface area contributed by atoms with Gasteiger partial charge in [-0.15, -0.1) is 12.4 Å². The van der Waals surface area contributed by atoms with E-state index in [1.165, 1.54) is 12.0 Å². The summed E-state index contributed by atoms with van der Waals surface area (Å²) in [5.74, 6) is 1.81. The van der Waals surface area contributed by atoms with Gasteiger partial charge in [-0.3, -0.25) is 0 Å². The maximum atomic E-state index is 5.83. The fraction of sp³-hybridized carbons (Fsp3) is 0.625. The number of benzene rings is 1. The first-order valence-electron chi connectivity index (χ1n) is 7.15. The zero-order chi connectivity index (χ0) is 13.2. The standard InChI is InChI=1S/C16H27NO.ClH/c1-4-7-15-8-5-6-9-16(15)18-13-12-17-11-10-14(2)3;/h5-6,8-9,14,17H,4,7,10-13H2,1-3H3;1H. The van der Waals surface area contributed by atoms with E-state index in [0.29, 0.717) is 0 Å². The van der Waals surface area contributed by atoms with Gasteiger partial charge in [-0.2, -0.15) is 0 Å². The zero-order valence-electron chi connectivity index (χ0n) is 12.4. The van der Waals surface area contributed by atoms with Crippen LogP contribution in [-0.2, 0) is 6.42 Å². The molecule has 0 aromatic heterocycles. The van der Waals surface area contributed by atoms with E-state index >= 15 is 0 Å². The Kier molecular flexibility index (Phi) is 10.7. The number of aryl methyl sites for hydroxylation is 1. The Labute approximate surface area is 124 Å². The minimum absolute atomic E-state index is 0. The lowest BCUT2D eigenvalue weighted by atomic mass is 10.1. The van der Waals surface area contributed by atoms with Crippen molar-refractivity contribution in [3.8, 4) is 5.75 Å². The lowest BCUT2D eigenvalue weighted by Crippen LogP contribution is -2.23. The summed E-state index contributed by atoms with van der Waals surface area (Å²) < 4.78 is 5.83. The van der Waals surface area contributed by atoms with Gasteiger partial charge in [0.2, 0.25) is 0 Å². The quantitative estimate of drug-likeness (QED) is 0.691. The molecular weight excluding hydrogens is 258 g/mol. The molecule has 110 valence electrons. The van der Waals surface area contributed by atoms with Crippen LogP contribution < -0.4 is 10.1 Å². The van der Waals surface area contributed by atoms with Gasteiger partial charge < -0.3 is 10.1 Å². The SMILES string of the molecule is CCCc1ccccc1OCCNCCC(C)C.Cl. The molecule has 0 fully saturated rings. The van der Waals surface area contributed by atoms with Crippen LogP contribution in [0.2, 0.25) is 0 Å². The summed E-state index contributed by atoms with van der Waals surface area (Å²) in [4.78, 5) is 0. The molecule has 0 bridgehead atoms. The van der Waals surface area contributed by atoms with Crippen LogP contribution in [0.4, 0.5) is 0 Å². The number of ether oxygens (including phenoxy) is 1. The fourth-order valence-electron chi connectivity index (χ4n) is 1.87. The van der Waals surface area contributed by atoms with Crippen LogP contribution in [0.15, 0.2) is 24.3 Å². The van der Waals surface area contributed by atoms with Crippen LogP contribution in [0.5, 0.6) is 5.75 Å². The molecule has 0 radical (unpaired) electrons. The molecule has 0 aliphatic carbocycles. The fourth-order valence-corrected chi connectivity index (χ4v) is 1.87. The van der Waals surface area contributed by atoms with Gasteiger partial charge >= 0.3 is 0 Å². The van der Waals surface area contributed by atoms with E-state index in [2.05, 4.69) is 44.3 Å². The highest BCUT2D eigenvalue weighted by Gasteiger charge is 2.01. The van der Waals surface area contributed by atoms with Gasteiger partial charge in [-0.25, -0.2) is 0 Å². The van der Waals surface area contributed by atoms with Crippen LogP contribution in [0.25, 0.3) is 0 Å². The molecule has 1 aromatic carbocycles. The van der Waals surface area contributed by atoms with Crippen molar-refractivity contribution in [2.45, 2.75) is 40.0 Å². The monoisotopic (exact) mass is 285 g/mol. The van der Waals surface area contributed by atoms with E-state index in [1.807, 2.05) is 6.07 Å². The van der Waals surface area contributed by atoms with Gasteiger partial charge in [-0.05, 0) is 36.9 Å². The van der Waals surface area contributed by atoms with Crippen LogP contribution in [0.3, 0.4) is 0 Å². The Morgan fingerprint density at radius 2 is 1.89 bits per heavy atom. The van der Waals surface area contributed by atoms with Gasteiger partial charge in [0, 0.05) is 6.54 Å². The van der Waals surface area contributed by atoms with E-state index in [9.17, 15) is 0 Å². The average molecular weight is 286 g/mol. The van der Waals surface area contributed by atoms with Crippen molar-refractivity contribution in [2.24, 2.45) is 5.92 Å². The molecule has 1 rings (SSSR count). The average Bonchev–Trinajstić information content (AvgIpc) is 2.35. The zero-order valence-corrected chi connectivity index (χ0v) is 13.3. The summed E-state index contributed by atoms with van der Waals surface area (Å²) in [6, 6.07) is 8.35. The second-order valence-electron chi connectivity index (χ2n) is 5.14. The van der Waals surface area contributed by atoms with E-state index in [0.717, 1.165) is 44.2 Å². The van der Waals surface area contributed by atoms with E-state index in [4.69, 9.17) is 4.74 Å². The maximum absolute atomic E-state index is 5.83. The van der Waals surface area contributed by atoms with Crippen LogP contribution in [0, 0.1) is 5.92 Å². The first-order valence-corrected chi connectivity index (χ1v) is 7.15. The van der Waals surface area contributed by atoms with E-state index in [1.54, 1.807) is 0 Å². The van der Waals surface area contributed by atoms with Crippen LogP contribution in [-0.4, -0.2) is 19.7 Å². The molecule has 2 nitrogen and oxygen atoms in total. The highest BCUT2D eigenvalue weighted by Crippen LogP contribution is 2.19. The molecule has 0 saturated heterocycles. The van der Waals surface area contributed by atoms with E-state index < -0.39 is 0 Å². The second kappa shape index (κ2) is 11.1. The maximum Gasteiger partial charge on any atom is 0.122 e. The summed E-state index contributed by atoms with van der Waals surface area (Å²) in [5.41, 5.74) is 1.32. The number of hydrogen-bond donors (Lipinski definition) is 1. The van der Waals surface area contributed by atoms with Gasteiger partial charge in [0.25, 0.3) is 0 Å². The summed E-state index contributed by atoms with van der Waals surface area (Å²) in [6.45, 7) is 9.45. The molecule has 3 heteroatoms. The predicted molar refractivity (Wildman–Crippen MR) is 85.5 cm³/mol. The number of rotatable bonds is 9. The smallest absolute Gasteiger partial charge is 0.122 e. The minimum Gasteiger partial charge on any atom is -0.492 e. The van der Waals surface area contributed by atoms with Crippen LogP contribution >= 0.6 is 12.4 Å². The first-order chi connectivity index (χ1) is 8.74. The van der Waals surface area contributed by atoms with Gasteiger partial charge in [-0.1, -0.05) is 45.4 Å². The molecule has 0 spiro atoms. The number of halogens is 1.